The van der Waals surface area contributed by atoms with Gasteiger partial charge in [0.15, 0.2) is 0 Å². The van der Waals surface area contributed by atoms with Gasteiger partial charge in [0.2, 0.25) is 5.82 Å². The van der Waals surface area contributed by atoms with Crippen molar-refractivity contribution >= 4 is 5.69 Å². The van der Waals surface area contributed by atoms with E-state index < -0.39 is 16.4 Å². The molecule has 1 heterocycles. The van der Waals surface area contributed by atoms with Crippen LogP contribution < -0.4 is 5.32 Å². The minimum Gasteiger partial charge on any atom is -0.311 e. The maximum absolute atomic E-state index is 13.4. The van der Waals surface area contributed by atoms with Crippen LogP contribution in [-0.4, -0.2) is 36.0 Å². The molecule has 1 atom stereocenters. The molecule has 1 unspecified atom stereocenters. The standard InChI is InChI=1S/C13H18FN3O2/c1-16-6-2-3-11(16)9-15-8-10-4-5-13(17(18)19)12(14)7-10/h4-5,7,11,15H,2-3,6,8-9H2,1H3. The van der Waals surface area contributed by atoms with Crippen molar-refractivity contribution in [3.8, 4) is 0 Å². The van der Waals surface area contributed by atoms with E-state index in [1.54, 1.807) is 6.07 Å². The van der Waals surface area contributed by atoms with Gasteiger partial charge in [-0.05, 0) is 38.1 Å². The molecule has 0 aliphatic carbocycles. The number of nitro groups is 1. The van der Waals surface area contributed by atoms with Crippen LogP contribution in [0.4, 0.5) is 10.1 Å². The fourth-order valence-corrected chi connectivity index (χ4v) is 2.43. The molecule has 19 heavy (non-hydrogen) atoms. The first kappa shape index (κ1) is 13.9. The van der Waals surface area contributed by atoms with E-state index in [-0.39, 0.29) is 0 Å². The second-order valence-electron chi connectivity index (χ2n) is 4.95. The molecule has 1 saturated heterocycles. The maximum Gasteiger partial charge on any atom is 0.304 e. The van der Waals surface area contributed by atoms with E-state index in [0.717, 1.165) is 18.7 Å². The summed E-state index contributed by atoms with van der Waals surface area (Å²) in [5.74, 6) is -0.776. The molecule has 0 bridgehead atoms. The number of halogens is 1. The first-order valence-electron chi connectivity index (χ1n) is 6.41. The number of likely N-dealkylation sites (N-methyl/N-ethyl adjacent to an activating group) is 1. The molecule has 0 saturated carbocycles. The Morgan fingerprint density at radius 3 is 2.95 bits per heavy atom. The second kappa shape index (κ2) is 6.08. The van der Waals surface area contributed by atoms with Crippen molar-refractivity contribution < 1.29 is 9.31 Å². The lowest BCUT2D eigenvalue weighted by atomic mass is 10.2. The Morgan fingerprint density at radius 2 is 2.37 bits per heavy atom. The largest absolute Gasteiger partial charge is 0.311 e. The van der Waals surface area contributed by atoms with Crippen molar-refractivity contribution in [2.45, 2.75) is 25.4 Å². The zero-order chi connectivity index (χ0) is 13.8. The summed E-state index contributed by atoms with van der Waals surface area (Å²) in [6, 6.07) is 4.56. The van der Waals surface area contributed by atoms with Crippen molar-refractivity contribution in [3.63, 3.8) is 0 Å². The van der Waals surface area contributed by atoms with Gasteiger partial charge in [0, 0.05) is 25.2 Å². The van der Waals surface area contributed by atoms with Gasteiger partial charge >= 0.3 is 5.69 Å². The summed E-state index contributed by atoms with van der Waals surface area (Å²) in [4.78, 5) is 12.1. The van der Waals surface area contributed by atoms with E-state index >= 15 is 0 Å². The molecule has 1 aromatic carbocycles. The van der Waals surface area contributed by atoms with Gasteiger partial charge in [-0.15, -0.1) is 0 Å². The smallest absolute Gasteiger partial charge is 0.304 e. The van der Waals surface area contributed by atoms with Crippen LogP contribution in [0.3, 0.4) is 0 Å². The molecule has 5 nitrogen and oxygen atoms in total. The number of likely N-dealkylation sites (tertiary alicyclic amines) is 1. The zero-order valence-electron chi connectivity index (χ0n) is 10.9. The van der Waals surface area contributed by atoms with E-state index in [1.807, 2.05) is 0 Å². The van der Waals surface area contributed by atoms with Gasteiger partial charge < -0.3 is 10.2 Å². The summed E-state index contributed by atoms with van der Waals surface area (Å²) in [6.45, 7) is 2.51. The maximum atomic E-state index is 13.4. The quantitative estimate of drug-likeness (QED) is 0.654. The minimum absolute atomic E-state index is 0.473. The SMILES string of the molecule is CN1CCCC1CNCc1ccc([N+](=O)[O-])c(F)c1. The van der Waals surface area contributed by atoms with Gasteiger partial charge in [-0.2, -0.15) is 4.39 Å². The van der Waals surface area contributed by atoms with Crippen LogP contribution in [0, 0.1) is 15.9 Å². The number of nitrogens with zero attached hydrogens (tertiary/aromatic N) is 2. The topological polar surface area (TPSA) is 58.4 Å². The van der Waals surface area contributed by atoms with Gasteiger partial charge in [0.25, 0.3) is 0 Å². The Morgan fingerprint density at radius 1 is 1.58 bits per heavy atom. The molecule has 1 aliphatic heterocycles. The predicted octanol–water partition coefficient (Wildman–Crippen LogP) is 1.92. The van der Waals surface area contributed by atoms with E-state index in [4.69, 9.17) is 0 Å². The highest BCUT2D eigenvalue weighted by molar-refractivity contribution is 5.34. The van der Waals surface area contributed by atoms with Crippen LogP contribution >= 0.6 is 0 Å². The summed E-state index contributed by atoms with van der Waals surface area (Å²) in [5, 5.41) is 13.8. The van der Waals surface area contributed by atoms with Gasteiger partial charge in [0.05, 0.1) is 4.92 Å². The van der Waals surface area contributed by atoms with E-state index in [0.29, 0.717) is 12.6 Å². The number of benzene rings is 1. The third-order valence-electron chi connectivity index (χ3n) is 3.59. The Kier molecular flexibility index (Phi) is 4.44. The number of nitrogens with one attached hydrogen (secondary N) is 1. The molecule has 104 valence electrons. The summed E-state index contributed by atoms with van der Waals surface area (Å²) >= 11 is 0. The Balaban J connectivity index is 1.86. The first-order valence-corrected chi connectivity index (χ1v) is 6.41. The van der Waals surface area contributed by atoms with Crippen LogP contribution in [0.5, 0.6) is 0 Å². The van der Waals surface area contributed by atoms with Crippen molar-refractivity contribution in [2.24, 2.45) is 0 Å². The van der Waals surface area contributed by atoms with Crippen molar-refractivity contribution in [3.05, 3.63) is 39.7 Å². The average Bonchev–Trinajstić information content (AvgIpc) is 2.75. The van der Waals surface area contributed by atoms with Crippen LogP contribution in [-0.2, 0) is 6.54 Å². The molecular formula is C13H18FN3O2. The predicted molar refractivity (Wildman–Crippen MR) is 70.4 cm³/mol. The fraction of sp³-hybridized carbons (Fsp3) is 0.538. The highest BCUT2D eigenvalue weighted by Gasteiger charge is 2.20. The molecule has 0 aromatic heterocycles. The van der Waals surface area contributed by atoms with Crippen molar-refractivity contribution in [2.75, 3.05) is 20.1 Å². The van der Waals surface area contributed by atoms with Crippen LogP contribution in [0.1, 0.15) is 18.4 Å². The molecule has 0 radical (unpaired) electrons. The molecule has 1 N–H and O–H groups in total. The number of nitro benzene ring substituents is 1. The molecule has 1 fully saturated rings. The molecule has 0 spiro atoms. The Labute approximate surface area is 111 Å². The zero-order valence-corrected chi connectivity index (χ0v) is 10.9. The number of hydrogen-bond donors (Lipinski definition) is 1. The molecule has 0 amide bonds. The second-order valence-corrected chi connectivity index (χ2v) is 4.95. The molecule has 1 aliphatic rings. The third kappa shape index (κ3) is 3.48. The Hall–Kier alpha value is -1.53. The lowest BCUT2D eigenvalue weighted by molar-refractivity contribution is -0.387. The van der Waals surface area contributed by atoms with Crippen LogP contribution in [0.15, 0.2) is 18.2 Å². The van der Waals surface area contributed by atoms with Crippen LogP contribution in [0.25, 0.3) is 0 Å². The van der Waals surface area contributed by atoms with E-state index in [2.05, 4.69) is 17.3 Å². The lowest BCUT2D eigenvalue weighted by Crippen LogP contribution is -2.35. The summed E-state index contributed by atoms with van der Waals surface area (Å²) in [7, 11) is 2.10. The lowest BCUT2D eigenvalue weighted by Gasteiger charge is -2.19. The van der Waals surface area contributed by atoms with Crippen molar-refractivity contribution in [1.82, 2.24) is 10.2 Å². The molecule has 6 heteroatoms. The monoisotopic (exact) mass is 267 g/mol. The van der Waals surface area contributed by atoms with Gasteiger partial charge in [0.1, 0.15) is 0 Å². The Bertz CT molecular complexity index is 467. The minimum atomic E-state index is -0.776. The van der Waals surface area contributed by atoms with Crippen molar-refractivity contribution in [1.29, 1.82) is 0 Å². The highest BCUT2D eigenvalue weighted by Crippen LogP contribution is 2.18. The third-order valence-corrected chi connectivity index (χ3v) is 3.59. The average molecular weight is 267 g/mol. The van der Waals surface area contributed by atoms with Gasteiger partial charge in [-0.3, -0.25) is 10.1 Å². The van der Waals surface area contributed by atoms with E-state index in [1.165, 1.54) is 25.0 Å². The molecule has 1 aromatic rings. The van der Waals surface area contributed by atoms with Gasteiger partial charge in [-0.25, -0.2) is 0 Å². The van der Waals surface area contributed by atoms with Crippen LogP contribution in [0.2, 0.25) is 0 Å². The normalized spacial score (nSPS) is 19.8. The summed E-state index contributed by atoms with van der Waals surface area (Å²) in [6.07, 6.45) is 2.40. The summed E-state index contributed by atoms with van der Waals surface area (Å²) in [5.41, 5.74) is 0.253. The fourth-order valence-electron chi connectivity index (χ4n) is 2.43. The molecule has 2 rings (SSSR count). The first-order chi connectivity index (χ1) is 9.08. The number of rotatable bonds is 5. The number of hydrogen-bond acceptors (Lipinski definition) is 4. The highest BCUT2D eigenvalue weighted by atomic mass is 19.1. The van der Waals surface area contributed by atoms with Gasteiger partial charge in [-0.1, -0.05) is 6.07 Å². The molecular weight excluding hydrogens is 249 g/mol. The summed E-state index contributed by atoms with van der Waals surface area (Å²) < 4.78 is 13.4. The van der Waals surface area contributed by atoms with E-state index in [9.17, 15) is 14.5 Å².